The van der Waals surface area contributed by atoms with Gasteiger partial charge in [-0.25, -0.2) is 19.2 Å². The predicted molar refractivity (Wildman–Crippen MR) is 444 cm³/mol. The maximum Gasteiger partial charge on any atom is 0.339 e. The van der Waals surface area contributed by atoms with E-state index in [1.807, 2.05) is 168 Å². The van der Waals surface area contributed by atoms with E-state index < -0.39 is 17.9 Å². The average Bonchev–Trinajstić information content (AvgIpc) is 1.61. The van der Waals surface area contributed by atoms with Crippen molar-refractivity contribution in [2.75, 3.05) is 0 Å². The van der Waals surface area contributed by atoms with Crippen molar-refractivity contribution in [1.82, 2.24) is 18.3 Å². The van der Waals surface area contributed by atoms with Crippen molar-refractivity contribution >= 4 is 112 Å². The molecular formula is C94H88N8O8. The number of aryl methyl sites for hydroxylation is 8. The first-order valence-corrected chi connectivity index (χ1v) is 36.5. The third-order valence-corrected chi connectivity index (χ3v) is 19.4. The minimum atomic E-state index is -0.425. The Balaban J connectivity index is 0.000000137. The summed E-state index contributed by atoms with van der Waals surface area (Å²) in [5.41, 5.74) is 21.6. The third-order valence-electron chi connectivity index (χ3n) is 19.4. The summed E-state index contributed by atoms with van der Waals surface area (Å²) in [5, 5.41) is 26.1. The van der Waals surface area contributed by atoms with Crippen LogP contribution in [-0.4, -0.2) is 65.0 Å². The molecule has 15 rings (SSSR count). The van der Waals surface area contributed by atoms with Gasteiger partial charge in [0, 0.05) is 165 Å². The van der Waals surface area contributed by atoms with Gasteiger partial charge in [-0.15, -0.1) is 0 Å². The van der Waals surface area contributed by atoms with Crippen LogP contribution >= 0.6 is 0 Å². The van der Waals surface area contributed by atoms with E-state index in [2.05, 4.69) is 200 Å². The van der Waals surface area contributed by atoms with Gasteiger partial charge in [-0.2, -0.15) is 0 Å². The molecule has 4 heterocycles. The number of carbonyl (C=O) groups excluding carboxylic acids is 4. The van der Waals surface area contributed by atoms with Gasteiger partial charge in [0.15, 0.2) is 0 Å². The molecular weight excluding hydrogens is 1370 g/mol. The molecule has 11 aromatic carbocycles. The molecule has 0 aliphatic carbocycles. The zero-order valence-electron chi connectivity index (χ0n) is 63.9. The van der Waals surface area contributed by atoms with Gasteiger partial charge in [0.05, 0.1) is 34.8 Å². The number of benzene rings is 11. The molecule has 0 fully saturated rings. The van der Waals surface area contributed by atoms with Crippen molar-refractivity contribution in [3.63, 3.8) is 0 Å². The van der Waals surface area contributed by atoms with E-state index in [4.69, 9.17) is 19.4 Å². The molecule has 16 heteroatoms. The SMILES string of the molecule is CC(=O)O/N=C(\Cc1ccccc1)c1cn(C)c2ccc3ccccc3c12.CC(=O)O/N=C(\Cc1ccccc1C)c1cn(C)c2c1ccc1ccccc12.CC(=O)O/N=C(\Cc1ccccc1C)c1cn(C)c2ccc(C)cc12.Cc1ccccc1C/C(=N\OC(=O)Cc1ccccc1)c1cn(C)c2ccccc12. The van der Waals surface area contributed by atoms with Crippen molar-refractivity contribution in [3.05, 3.63) is 346 Å². The monoisotopic (exact) mass is 1460 g/mol. The number of rotatable bonds is 18. The van der Waals surface area contributed by atoms with Crippen molar-refractivity contribution < 1.29 is 38.5 Å². The highest BCUT2D eigenvalue weighted by Crippen LogP contribution is 2.34. The molecule has 0 spiro atoms. The Hall–Kier alpha value is -13.3. The van der Waals surface area contributed by atoms with Crippen LogP contribution in [0.25, 0.3) is 65.2 Å². The van der Waals surface area contributed by atoms with Crippen LogP contribution in [0.4, 0.5) is 0 Å². The number of oxime groups is 4. The van der Waals surface area contributed by atoms with Gasteiger partial charge in [-0.3, -0.25) is 0 Å². The highest BCUT2D eigenvalue weighted by atomic mass is 16.7. The molecule has 0 N–H and O–H groups in total. The highest BCUT2D eigenvalue weighted by molar-refractivity contribution is 6.21. The number of aromatic nitrogens is 4. The Kier molecular flexibility index (Phi) is 24.5. The van der Waals surface area contributed by atoms with E-state index in [-0.39, 0.29) is 12.4 Å². The van der Waals surface area contributed by atoms with E-state index in [0.29, 0.717) is 25.7 Å². The predicted octanol–water partition coefficient (Wildman–Crippen LogP) is 19.5. The molecule has 552 valence electrons. The number of carbonyl (C=O) groups is 4. The second kappa shape index (κ2) is 35.4. The maximum atomic E-state index is 12.4. The lowest BCUT2D eigenvalue weighted by atomic mass is 9.97. The summed E-state index contributed by atoms with van der Waals surface area (Å²) in [4.78, 5) is 66.9. The Bertz CT molecular complexity index is 6010. The topological polar surface area (TPSA) is 174 Å². The summed E-state index contributed by atoms with van der Waals surface area (Å²) >= 11 is 0. The van der Waals surface area contributed by atoms with E-state index >= 15 is 0 Å². The Labute approximate surface area is 640 Å². The Morgan fingerprint density at radius 1 is 0.309 bits per heavy atom. The molecule has 0 bridgehead atoms. The number of hydrogen-bond donors (Lipinski definition) is 0. The van der Waals surface area contributed by atoms with Crippen LogP contribution in [0.1, 0.15) is 93.1 Å². The van der Waals surface area contributed by atoms with Crippen LogP contribution in [0.15, 0.2) is 294 Å². The van der Waals surface area contributed by atoms with Crippen LogP contribution in [0.3, 0.4) is 0 Å². The second-order valence-electron chi connectivity index (χ2n) is 27.5. The summed E-state index contributed by atoms with van der Waals surface area (Å²) < 4.78 is 8.36. The van der Waals surface area contributed by atoms with Gasteiger partial charge in [0.2, 0.25) is 0 Å². The number of para-hydroxylation sites is 1. The van der Waals surface area contributed by atoms with E-state index in [1.54, 1.807) is 0 Å². The molecule has 0 saturated heterocycles. The normalized spacial score (nSPS) is 11.8. The van der Waals surface area contributed by atoms with Gasteiger partial charge in [0.1, 0.15) is 0 Å². The van der Waals surface area contributed by atoms with Gasteiger partial charge in [-0.05, 0) is 113 Å². The molecule has 4 aromatic heterocycles. The van der Waals surface area contributed by atoms with E-state index in [0.717, 1.165) is 122 Å². The highest BCUT2D eigenvalue weighted by Gasteiger charge is 2.22. The summed E-state index contributed by atoms with van der Waals surface area (Å²) in [6, 6.07) is 83.9. The Morgan fingerprint density at radius 3 is 1.21 bits per heavy atom. The third kappa shape index (κ3) is 18.5. The zero-order chi connectivity index (χ0) is 77.4. The van der Waals surface area contributed by atoms with Crippen molar-refractivity contribution in [2.24, 2.45) is 48.8 Å². The van der Waals surface area contributed by atoms with Crippen LogP contribution < -0.4 is 0 Å². The van der Waals surface area contributed by atoms with Crippen molar-refractivity contribution in [1.29, 1.82) is 0 Å². The lowest BCUT2D eigenvalue weighted by molar-refractivity contribution is -0.143. The van der Waals surface area contributed by atoms with Crippen molar-refractivity contribution in [2.45, 2.75) is 80.6 Å². The fourth-order valence-electron chi connectivity index (χ4n) is 13.8. The Morgan fingerprint density at radius 2 is 0.682 bits per heavy atom. The maximum absolute atomic E-state index is 12.4. The first-order chi connectivity index (χ1) is 53.2. The fraction of sp³-hybridized carbons (Fsp3) is 0.170. The van der Waals surface area contributed by atoms with Gasteiger partial charge in [0.25, 0.3) is 0 Å². The molecule has 0 amide bonds. The van der Waals surface area contributed by atoms with Crippen LogP contribution in [0, 0.1) is 27.7 Å². The molecule has 16 nitrogen and oxygen atoms in total. The van der Waals surface area contributed by atoms with Gasteiger partial charge in [-0.1, -0.05) is 251 Å². The van der Waals surface area contributed by atoms with Crippen LogP contribution in [0.5, 0.6) is 0 Å². The summed E-state index contributed by atoms with van der Waals surface area (Å²) in [6.07, 6.45) is 10.8. The minimum Gasteiger partial charge on any atom is -0.350 e. The molecule has 15 aromatic rings. The van der Waals surface area contributed by atoms with Crippen LogP contribution in [-0.2, 0) is 98.8 Å². The zero-order valence-corrected chi connectivity index (χ0v) is 63.9. The first kappa shape index (κ1) is 76.3. The molecule has 0 radical (unpaired) electrons. The summed E-state index contributed by atoms with van der Waals surface area (Å²) in [6.45, 7) is 12.4. The number of fused-ring (bicyclic) bond motifs is 8. The average molecular weight is 1460 g/mol. The van der Waals surface area contributed by atoms with Gasteiger partial charge < -0.3 is 37.6 Å². The molecule has 110 heavy (non-hydrogen) atoms. The molecule has 0 aliphatic heterocycles. The van der Waals surface area contributed by atoms with Crippen molar-refractivity contribution in [3.8, 4) is 0 Å². The molecule has 0 unspecified atom stereocenters. The molecule has 0 aliphatic rings. The summed E-state index contributed by atoms with van der Waals surface area (Å²) in [5.74, 6) is -1.64. The minimum absolute atomic E-state index is 0.192. The largest absolute Gasteiger partial charge is 0.350 e. The molecule has 0 saturated carbocycles. The lowest BCUT2D eigenvalue weighted by Gasteiger charge is -2.09. The quantitative estimate of drug-likeness (QED) is 0.0463. The summed E-state index contributed by atoms with van der Waals surface area (Å²) in [7, 11) is 8.08. The standard InChI is InChI=1S/C26H24N2O2.C24H22N2O2.C23H20N2O2.C21H22N2O2/c1-19-10-6-7-13-21(19)17-24(23-18-28(2)25-15-9-8-14-22(23)25)27-30-26(29)16-20-11-4-3-5-12-20;1-16-8-4-5-10-19(16)14-23(25-28-17(2)27)22-15-26(3)24-20-11-7-6-9-18(20)12-13-21(22)24;1-16(26)27-24-21(14-17-8-4-3-5-9-17)20-15-25(2)22-13-12-18-10-6-7-11-19(18)23(20)22;1-14-9-10-21-18(11-14)19(13-23(21)4)20(22-25-16(3)24)12-17-8-6-5-7-15(17)2/h3-15,18H,16-17H2,1-2H3;4-13,15H,14H2,1-3H3;3-13,15H,14H2,1-2H3;5-11,13H,12H2,1-4H3/b27-24+;25-23+;24-21+;22-20+. The number of hydrogen-bond acceptors (Lipinski definition) is 12. The lowest BCUT2D eigenvalue weighted by Crippen LogP contribution is -2.11. The van der Waals surface area contributed by atoms with E-state index in [9.17, 15) is 19.2 Å². The van der Waals surface area contributed by atoms with Crippen LogP contribution in [0.2, 0.25) is 0 Å². The fourth-order valence-corrected chi connectivity index (χ4v) is 13.8. The first-order valence-electron chi connectivity index (χ1n) is 36.5. The number of nitrogens with zero attached hydrogens (tertiary/aromatic N) is 8. The van der Waals surface area contributed by atoms with Gasteiger partial charge >= 0.3 is 23.9 Å². The van der Waals surface area contributed by atoms with E-state index in [1.165, 1.54) is 59.2 Å². The second-order valence-corrected chi connectivity index (χ2v) is 27.5. The molecule has 0 atom stereocenters. The smallest absolute Gasteiger partial charge is 0.339 e.